The molecule has 4 nitrogen and oxygen atoms in total. The highest BCUT2D eigenvalue weighted by Crippen LogP contribution is 2.39. The quantitative estimate of drug-likeness (QED) is 0.387. The fourth-order valence-electron chi connectivity index (χ4n) is 3.57. The molecule has 0 N–H and O–H groups in total. The van der Waals surface area contributed by atoms with Gasteiger partial charge in [-0.3, -0.25) is 0 Å². The Morgan fingerprint density at radius 1 is 0.720 bits per heavy atom. The predicted octanol–water partition coefficient (Wildman–Crippen LogP) is 2.93. The molecule has 0 bridgehead atoms. The molecule has 0 saturated carbocycles. The standard InChI is InChI=1S/C20H47N3OSi/c1-19(2)24-25-18-20(12-9-15-21(3)4,13-10-16-22(5)6)14-11-17-23(7)8/h19H,9-18,25H2,1-8H3. The first-order valence-corrected chi connectivity index (χ1v) is 11.8. The first-order chi connectivity index (χ1) is 11.7. The van der Waals surface area contributed by atoms with E-state index in [1.807, 2.05) is 0 Å². The van der Waals surface area contributed by atoms with Gasteiger partial charge in [0.15, 0.2) is 9.76 Å². The topological polar surface area (TPSA) is 19.0 Å². The Kier molecular flexibility index (Phi) is 14.2. The third-order valence-corrected chi connectivity index (χ3v) is 7.19. The van der Waals surface area contributed by atoms with Crippen molar-refractivity contribution in [3.8, 4) is 0 Å². The molecule has 0 atom stereocenters. The fourth-order valence-corrected chi connectivity index (χ4v) is 5.34. The SMILES string of the molecule is CC(C)O[SiH2]CC(CCCN(C)C)(CCCN(C)C)CCCN(C)C. The first kappa shape index (κ1) is 25.1. The maximum atomic E-state index is 6.09. The summed E-state index contributed by atoms with van der Waals surface area (Å²) in [6.07, 6.45) is 8.42. The lowest BCUT2D eigenvalue weighted by molar-refractivity contribution is 0.187. The monoisotopic (exact) mass is 373 g/mol. The normalized spacial score (nSPS) is 13.4. The molecule has 0 amide bonds. The summed E-state index contributed by atoms with van der Waals surface area (Å²) < 4.78 is 6.09. The Hall–Kier alpha value is 0.0569. The zero-order valence-corrected chi connectivity index (χ0v) is 20.0. The molecule has 0 radical (unpaired) electrons. The van der Waals surface area contributed by atoms with Gasteiger partial charge in [0.2, 0.25) is 0 Å². The number of hydrogen-bond acceptors (Lipinski definition) is 4. The van der Waals surface area contributed by atoms with Crippen molar-refractivity contribution in [2.75, 3.05) is 61.9 Å². The molecular weight excluding hydrogens is 326 g/mol. The Balaban J connectivity index is 4.85. The summed E-state index contributed by atoms with van der Waals surface area (Å²) in [6, 6.07) is 1.35. The van der Waals surface area contributed by atoms with Gasteiger partial charge in [-0.25, -0.2) is 0 Å². The number of rotatable bonds is 16. The van der Waals surface area contributed by atoms with Crippen LogP contribution in [0.15, 0.2) is 0 Å². The van der Waals surface area contributed by atoms with E-state index < -0.39 is 9.76 Å². The van der Waals surface area contributed by atoms with E-state index in [1.54, 1.807) is 0 Å². The maximum Gasteiger partial charge on any atom is 0.162 e. The van der Waals surface area contributed by atoms with Crippen LogP contribution in [0.2, 0.25) is 6.04 Å². The van der Waals surface area contributed by atoms with E-state index in [2.05, 4.69) is 70.8 Å². The number of nitrogens with zero attached hydrogens (tertiary/aromatic N) is 3. The summed E-state index contributed by atoms with van der Waals surface area (Å²) in [7, 11) is 12.7. The van der Waals surface area contributed by atoms with Crippen LogP contribution in [-0.4, -0.2) is 92.5 Å². The Morgan fingerprint density at radius 2 is 1.08 bits per heavy atom. The van der Waals surface area contributed by atoms with Crippen LogP contribution >= 0.6 is 0 Å². The highest BCUT2D eigenvalue weighted by molar-refractivity contribution is 6.27. The largest absolute Gasteiger partial charge is 0.422 e. The van der Waals surface area contributed by atoms with Crippen molar-refractivity contribution < 1.29 is 4.43 Å². The van der Waals surface area contributed by atoms with Crippen LogP contribution in [0, 0.1) is 5.41 Å². The van der Waals surface area contributed by atoms with Crippen molar-refractivity contribution in [1.82, 2.24) is 14.7 Å². The first-order valence-electron chi connectivity index (χ1n) is 10.2. The fraction of sp³-hybridized carbons (Fsp3) is 1.00. The Labute approximate surface area is 161 Å². The molecule has 0 aliphatic heterocycles. The molecule has 0 spiro atoms. The Bertz CT molecular complexity index is 248. The van der Waals surface area contributed by atoms with Crippen molar-refractivity contribution in [3.63, 3.8) is 0 Å². The molecule has 0 aliphatic rings. The van der Waals surface area contributed by atoms with Gasteiger partial charge in [0.25, 0.3) is 0 Å². The second-order valence-corrected chi connectivity index (χ2v) is 10.1. The molecule has 0 aliphatic carbocycles. The molecule has 0 aromatic rings. The van der Waals surface area contributed by atoms with Crippen molar-refractivity contribution in [1.29, 1.82) is 0 Å². The summed E-state index contributed by atoms with van der Waals surface area (Å²) in [5.41, 5.74) is 0.503. The zero-order chi connectivity index (χ0) is 19.3. The smallest absolute Gasteiger partial charge is 0.162 e. The summed E-state index contributed by atoms with van der Waals surface area (Å²) in [5, 5.41) is 0. The minimum atomic E-state index is -0.423. The van der Waals surface area contributed by atoms with Gasteiger partial charge in [-0.05, 0) is 126 Å². The van der Waals surface area contributed by atoms with Gasteiger partial charge in [0.1, 0.15) is 0 Å². The van der Waals surface area contributed by atoms with E-state index in [-0.39, 0.29) is 0 Å². The van der Waals surface area contributed by atoms with Gasteiger partial charge >= 0.3 is 0 Å². The molecule has 5 heteroatoms. The lowest BCUT2D eigenvalue weighted by Crippen LogP contribution is -2.29. The van der Waals surface area contributed by atoms with Crippen molar-refractivity contribution in [2.45, 2.75) is 64.5 Å². The summed E-state index contributed by atoms with van der Waals surface area (Å²) in [5.74, 6) is 0. The maximum absolute atomic E-state index is 6.09. The van der Waals surface area contributed by atoms with Crippen LogP contribution in [0.25, 0.3) is 0 Å². The molecule has 0 fully saturated rings. The van der Waals surface area contributed by atoms with Gasteiger partial charge < -0.3 is 19.1 Å². The third kappa shape index (κ3) is 14.9. The second kappa shape index (κ2) is 14.2. The highest BCUT2D eigenvalue weighted by Gasteiger charge is 2.29. The molecule has 0 aromatic carbocycles. The van der Waals surface area contributed by atoms with E-state index >= 15 is 0 Å². The van der Waals surface area contributed by atoms with Gasteiger partial charge in [0, 0.05) is 6.10 Å². The van der Waals surface area contributed by atoms with Crippen LogP contribution in [-0.2, 0) is 4.43 Å². The third-order valence-electron chi connectivity index (χ3n) is 5.02. The second-order valence-electron chi connectivity index (χ2n) is 8.89. The minimum absolute atomic E-state index is 0.398. The summed E-state index contributed by atoms with van der Waals surface area (Å²) >= 11 is 0. The van der Waals surface area contributed by atoms with E-state index in [1.165, 1.54) is 64.2 Å². The number of hydrogen-bond donors (Lipinski definition) is 0. The van der Waals surface area contributed by atoms with Gasteiger partial charge in [-0.1, -0.05) is 0 Å². The predicted molar refractivity (Wildman–Crippen MR) is 115 cm³/mol. The molecule has 0 unspecified atom stereocenters. The molecule has 152 valence electrons. The lowest BCUT2D eigenvalue weighted by atomic mass is 9.76. The van der Waals surface area contributed by atoms with E-state index in [0.29, 0.717) is 11.5 Å². The average molecular weight is 374 g/mol. The molecular formula is C20H47N3OSi. The minimum Gasteiger partial charge on any atom is -0.422 e. The van der Waals surface area contributed by atoms with Gasteiger partial charge in [-0.15, -0.1) is 0 Å². The van der Waals surface area contributed by atoms with Gasteiger partial charge in [-0.2, -0.15) is 0 Å². The van der Waals surface area contributed by atoms with Crippen LogP contribution in [0.4, 0.5) is 0 Å². The summed E-state index contributed by atoms with van der Waals surface area (Å²) in [4.78, 5) is 6.98. The Morgan fingerprint density at radius 3 is 1.36 bits per heavy atom. The van der Waals surface area contributed by atoms with Crippen molar-refractivity contribution in [2.24, 2.45) is 5.41 Å². The van der Waals surface area contributed by atoms with Crippen LogP contribution < -0.4 is 0 Å². The molecule has 0 saturated heterocycles. The van der Waals surface area contributed by atoms with Gasteiger partial charge in [0.05, 0.1) is 0 Å². The van der Waals surface area contributed by atoms with Crippen LogP contribution in [0.3, 0.4) is 0 Å². The molecule has 0 rings (SSSR count). The van der Waals surface area contributed by atoms with E-state index in [4.69, 9.17) is 4.43 Å². The van der Waals surface area contributed by atoms with Crippen LogP contribution in [0.5, 0.6) is 0 Å². The average Bonchev–Trinajstić information content (AvgIpc) is 2.45. The zero-order valence-electron chi connectivity index (χ0n) is 18.6. The lowest BCUT2D eigenvalue weighted by Gasteiger charge is -2.36. The molecule has 0 aromatic heterocycles. The van der Waals surface area contributed by atoms with E-state index in [9.17, 15) is 0 Å². The highest BCUT2D eigenvalue weighted by atomic mass is 28.2. The van der Waals surface area contributed by atoms with Crippen molar-refractivity contribution in [3.05, 3.63) is 0 Å². The van der Waals surface area contributed by atoms with Crippen molar-refractivity contribution >= 4 is 9.76 Å². The molecule has 25 heavy (non-hydrogen) atoms. The van der Waals surface area contributed by atoms with E-state index in [0.717, 1.165) is 0 Å². The van der Waals surface area contributed by atoms with Crippen LogP contribution in [0.1, 0.15) is 52.4 Å². The molecule has 0 heterocycles. The summed E-state index contributed by atoms with van der Waals surface area (Å²) in [6.45, 7) is 7.97.